The summed E-state index contributed by atoms with van der Waals surface area (Å²) in [6.07, 6.45) is 1.10. The number of hydrogen-bond acceptors (Lipinski definition) is 4. The summed E-state index contributed by atoms with van der Waals surface area (Å²) in [5.74, 6) is 0.323. The summed E-state index contributed by atoms with van der Waals surface area (Å²) in [4.78, 5) is 14.4. The molecule has 0 saturated heterocycles. The third-order valence-electron chi connectivity index (χ3n) is 2.34. The average molecular weight is 302 g/mol. The number of sulfonamides is 1. The largest absolute Gasteiger partial charge is 0.344 e. The van der Waals surface area contributed by atoms with Gasteiger partial charge in [0.1, 0.15) is 0 Å². The van der Waals surface area contributed by atoms with Gasteiger partial charge < -0.3 is 4.90 Å². The number of carbonyl (C=O) groups is 1. The number of rotatable bonds is 7. The molecule has 0 saturated carbocycles. The van der Waals surface area contributed by atoms with Crippen molar-refractivity contribution in [2.24, 2.45) is 0 Å². The van der Waals surface area contributed by atoms with E-state index >= 15 is 0 Å². The van der Waals surface area contributed by atoms with Crippen molar-refractivity contribution in [3.05, 3.63) is 30.3 Å². The average Bonchev–Trinajstić information content (AvgIpc) is 2.35. The van der Waals surface area contributed by atoms with Gasteiger partial charge in [0.2, 0.25) is 15.9 Å². The molecule has 0 fully saturated rings. The molecule has 0 bridgehead atoms. The Bertz CT molecular complexity index is 503. The van der Waals surface area contributed by atoms with Crippen LogP contribution < -0.4 is 4.72 Å². The van der Waals surface area contributed by atoms with Gasteiger partial charge in [-0.15, -0.1) is 11.8 Å². The van der Waals surface area contributed by atoms with E-state index in [1.807, 2.05) is 30.3 Å². The topological polar surface area (TPSA) is 66.5 Å². The first-order valence-corrected chi connectivity index (χ1v) is 8.62. The third-order valence-corrected chi connectivity index (χ3v) is 4.07. The zero-order valence-corrected chi connectivity index (χ0v) is 12.6. The number of thioether (sulfide) groups is 1. The number of amides is 1. The summed E-state index contributed by atoms with van der Waals surface area (Å²) in [5.41, 5.74) is 0. The van der Waals surface area contributed by atoms with Crippen molar-refractivity contribution in [2.75, 3.05) is 32.1 Å². The lowest BCUT2D eigenvalue weighted by Gasteiger charge is -2.16. The Balaban J connectivity index is 2.29. The van der Waals surface area contributed by atoms with Crippen molar-refractivity contribution in [1.82, 2.24) is 9.62 Å². The predicted molar refractivity (Wildman–Crippen MR) is 77.6 cm³/mol. The standard InChI is InChI=1S/C12H18N2O3S2/c1-14(9-8-13-19(2,16)17)12(15)10-18-11-6-4-3-5-7-11/h3-7,13H,8-10H2,1-2H3. The highest BCUT2D eigenvalue weighted by Gasteiger charge is 2.09. The van der Waals surface area contributed by atoms with Gasteiger partial charge in [-0.2, -0.15) is 0 Å². The van der Waals surface area contributed by atoms with Crippen LogP contribution in [0.1, 0.15) is 0 Å². The number of nitrogens with one attached hydrogen (secondary N) is 1. The number of nitrogens with zero attached hydrogens (tertiary/aromatic N) is 1. The molecule has 0 unspecified atom stereocenters. The van der Waals surface area contributed by atoms with Crippen LogP contribution in [-0.4, -0.2) is 51.4 Å². The fraction of sp³-hybridized carbons (Fsp3) is 0.417. The van der Waals surface area contributed by atoms with E-state index < -0.39 is 10.0 Å². The maximum absolute atomic E-state index is 11.8. The van der Waals surface area contributed by atoms with Crippen LogP contribution in [0.25, 0.3) is 0 Å². The molecule has 0 aliphatic heterocycles. The monoisotopic (exact) mass is 302 g/mol. The van der Waals surface area contributed by atoms with Gasteiger partial charge in [0.25, 0.3) is 0 Å². The zero-order chi connectivity index (χ0) is 14.3. The normalized spacial score (nSPS) is 11.3. The number of hydrogen-bond donors (Lipinski definition) is 1. The summed E-state index contributed by atoms with van der Waals surface area (Å²) >= 11 is 1.47. The minimum atomic E-state index is -3.19. The number of benzene rings is 1. The molecule has 0 spiro atoms. The van der Waals surface area contributed by atoms with Crippen LogP contribution in [0.2, 0.25) is 0 Å². The summed E-state index contributed by atoms with van der Waals surface area (Å²) in [6.45, 7) is 0.596. The fourth-order valence-corrected chi connectivity index (χ4v) is 2.62. The first kappa shape index (κ1) is 16.0. The Kier molecular flexibility index (Phi) is 6.33. The first-order chi connectivity index (χ1) is 8.88. The summed E-state index contributed by atoms with van der Waals surface area (Å²) < 4.78 is 24.1. The van der Waals surface area contributed by atoms with Crippen molar-refractivity contribution in [2.45, 2.75) is 4.90 Å². The number of carbonyl (C=O) groups excluding carboxylic acids is 1. The Labute approximate surface area is 118 Å². The molecule has 0 aliphatic rings. The molecular weight excluding hydrogens is 284 g/mol. The fourth-order valence-electron chi connectivity index (χ4n) is 1.30. The van der Waals surface area contributed by atoms with Crippen LogP contribution in [-0.2, 0) is 14.8 Å². The van der Waals surface area contributed by atoms with E-state index in [9.17, 15) is 13.2 Å². The van der Waals surface area contributed by atoms with E-state index in [2.05, 4.69) is 4.72 Å². The lowest BCUT2D eigenvalue weighted by Crippen LogP contribution is -2.36. The van der Waals surface area contributed by atoms with Gasteiger partial charge in [0.15, 0.2) is 0 Å². The van der Waals surface area contributed by atoms with Gasteiger partial charge >= 0.3 is 0 Å². The van der Waals surface area contributed by atoms with Crippen molar-refractivity contribution in [1.29, 1.82) is 0 Å². The minimum Gasteiger partial charge on any atom is -0.344 e. The molecule has 0 atom stereocenters. The van der Waals surface area contributed by atoms with Crippen molar-refractivity contribution < 1.29 is 13.2 Å². The van der Waals surface area contributed by atoms with Crippen molar-refractivity contribution >= 4 is 27.7 Å². The molecule has 0 radical (unpaired) electrons. The van der Waals surface area contributed by atoms with E-state index in [1.165, 1.54) is 16.7 Å². The van der Waals surface area contributed by atoms with E-state index in [0.717, 1.165) is 11.2 Å². The highest BCUT2D eigenvalue weighted by molar-refractivity contribution is 8.00. The molecule has 0 aliphatic carbocycles. The second-order valence-corrected chi connectivity index (χ2v) is 6.97. The quantitative estimate of drug-likeness (QED) is 0.756. The van der Waals surface area contributed by atoms with Crippen LogP contribution in [0.4, 0.5) is 0 Å². The lowest BCUT2D eigenvalue weighted by molar-refractivity contribution is -0.127. The SMILES string of the molecule is CN(CCNS(C)(=O)=O)C(=O)CSc1ccccc1. The molecule has 106 valence electrons. The smallest absolute Gasteiger partial charge is 0.232 e. The van der Waals surface area contributed by atoms with Crippen LogP contribution in [0.15, 0.2) is 35.2 Å². The van der Waals surface area contributed by atoms with Crippen LogP contribution in [0.5, 0.6) is 0 Å². The van der Waals surface area contributed by atoms with E-state index in [0.29, 0.717) is 12.3 Å². The molecule has 5 nitrogen and oxygen atoms in total. The van der Waals surface area contributed by atoms with Crippen LogP contribution in [0.3, 0.4) is 0 Å². The van der Waals surface area contributed by atoms with Crippen LogP contribution >= 0.6 is 11.8 Å². The molecule has 19 heavy (non-hydrogen) atoms. The Morgan fingerprint density at radius 2 is 1.95 bits per heavy atom. The first-order valence-electron chi connectivity index (χ1n) is 5.75. The van der Waals surface area contributed by atoms with Gasteiger partial charge in [-0.05, 0) is 12.1 Å². The molecule has 1 rings (SSSR count). The third kappa shape index (κ3) is 7.19. The van der Waals surface area contributed by atoms with Gasteiger partial charge in [-0.3, -0.25) is 4.79 Å². The maximum Gasteiger partial charge on any atom is 0.232 e. The van der Waals surface area contributed by atoms with Gasteiger partial charge in [-0.1, -0.05) is 18.2 Å². The molecule has 0 aromatic heterocycles. The van der Waals surface area contributed by atoms with Gasteiger partial charge in [0, 0.05) is 25.0 Å². The predicted octanol–water partition coefficient (Wildman–Crippen LogP) is 0.786. The minimum absolute atomic E-state index is 0.0239. The highest BCUT2D eigenvalue weighted by Crippen LogP contribution is 2.16. The molecule has 1 amide bonds. The highest BCUT2D eigenvalue weighted by atomic mass is 32.2. The van der Waals surface area contributed by atoms with Crippen LogP contribution in [0, 0.1) is 0 Å². The van der Waals surface area contributed by atoms with Crippen molar-refractivity contribution in [3.8, 4) is 0 Å². The summed E-state index contributed by atoms with van der Waals surface area (Å²) in [5, 5.41) is 0. The molecule has 1 aromatic carbocycles. The molecular formula is C12H18N2O3S2. The van der Waals surface area contributed by atoms with Gasteiger partial charge in [0.05, 0.1) is 12.0 Å². The summed E-state index contributed by atoms with van der Waals surface area (Å²) in [7, 11) is -1.53. The Morgan fingerprint density at radius 3 is 2.53 bits per heavy atom. The molecule has 7 heteroatoms. The second kappa shape index (κ2) is 7.52. The second-order valence-electron chi connectivity index (χ2n) is 4.08. The van der Waals surface area contributed by atoms with E-state index in [-0.39, 0.29) is 12.5 Å². The lowest BCUT2D eigenvalue weighted by atomic mass is 10.4. The van der Waals surface area contributed by atoms with Crippen molar-refractivity contribution in [3.63, 3.8) is 0 Å². The van der Waals surface area contributed by atoms with E-state index in [4.69, 9.17) is 0 Å². The maximum atomic E-state index is 11.8. The molecule has 1 aromatic rings. The Hall–Kier alpha value is -1.05. The van der Waals surface area contributed by atoms with E-state index in [1.54, 1.807) is 7.05 Å². The number of likely N-dealkylation sites (N-methyl/N-ethyl adjacent to an activating group) is 1. The van der Waals surface area contributed by atoms with Gasteiger partial charge in [-0.25, -0.2) is 13.1 Å². The zero-order valence-electron chi connectivity index (χ0n) is 11.0. The molecule has 0 heterocycles. The molecule has 1 N–H and O–H groups in total. The Morgan fingerprint density at radius 1 is 1.32 bits per heavy atom. The summed E-state index contributed by atoms with van der Waals surface area (Å²) in [6, 6.07) is 9.67.